The molecule has 2 aliphatic rings. The predicted octanol–water partition coefficient (Wildman–Crippen LogP) is 4.29. The van der Waals surface area contributed by atoms with Gasteiger partial charge in [0.1, 0.15) is 5.69 Å². The molecule has 0 saturated carbocycles. The molecule has 3 N–H and O–H groups in total. The lowest BCUT2D eigenvalue weighted by Gasteiger charge is -2.38. The molecule has 1 unspecified atom stereocenters. The summed E-state index contributed by atoms with van der Waals surface area (Å²) >= 11 is 0. The monoisotopic (exact) mass is 369 g/mol. The first-order valence-corrected chi connectivity index (χ1v) is 12.9. The molecule has 1 aromatic carbocycles. The number of amides is 1. The number of hydrogen-bond donors (Lipinski definition) is 3. The van der Waals surface area contributed by atoms with Crippen molar-refractivity contribution in [3.05, 3.63) is 35.0 Å². The third-order valence-corrected chi connectivity index (χ3v) is 11.5. The van der Waals surface area contributed by atoms with Gasteiger partial charge in [-0.2, -0.15) is 0 Å². The average Bonchev–Trinajstić information content (AvgIpc) is 2.94. The SMILES string of the molecule is CC(C)(C)[Si](C)(C)NC(=O)c1[nH]c2cccc3c2c1C[C@H]1NCCCC31. The molecule has 4 nitrogen and oxygen atoms in total. The lowest BCUT2D eigenvalue weighted by Crippen LogP contribution is -2.54. The molecule has 140 valence electrons. The van der Waals surface area contributed by atoms with E-state index in [1.807, 2.05) is 0 Å². The van der Waals surface area contributed by atoms with E-state index in [1.165, 1.54) is 29.4 Å². The number of H-pyrrole nitrogens is 1. The van der Waals surface area contributed by atoms with Crippen LogP contribution in [0.5, 0.6) is 0 Å². The van der Waals surface area contributed by atoms with Crippen molar-refractivity contribution in [2.45, 2.75) is 70.1 Å². The van der Waals surface area contributed by atoms with E-state index in [4.69, 9.17) is 0 Å². The molecule has 1 aromatic heterocycles. The minimum absolute atomic E-state index is 0.0722. The number of hydrogen-bond acceptors (Lipinski definition) is 2. The number of nitrogens with one attached hydrogen (secondary N) is 3. The van der Waals surface area contributed by atoms with Gasteiger partial charge in [0.25, 0.3) is 5.91 Å². The van der Waals surface area contributed by atoms with E-state index < -0.39 is 8.24 Å². The molecule has 0 bridgehead atoms. The average molecular weight is 370 g/mol. The van der Waals surface area contributed by atoms with Crippen molar-refractivity contribution >= 4 is 25.0 Å². The number of aromatic nitrogens is 1. The zero-order valence-corrected chi connectivity index (χ0v) is 17.6. The summed E-state index contributed by atoms with van der Waals surface area (Å²) in [6.07, 6.45) is 3.42. The van der Waals surface area contributed by atoms with E-state index in [0.29, 0.717) is 12.0 Å². The molecule has 1 amide bonds. The van der Waals surface area contributed by atoms with E-state index in [0.717, 1.165) is 24.2 Å². The maximum Gasteiger partial charge on any atom is 0.260 e. The van der Waals surface area contributed by atoms with Gasteiger partial charge in [-0.05, 0) is 48.0 Å². The largest absolute Gasteiger partial charge is 0.376 e. The van der Waals surface area contributed by atoms with Gasteiger partial charge in [-0.3, -0.25) is 4.79 Å². The number of piperidine rings is 1. The molecule has 0 radical (unpaired) electrons. The van der Waals surface area contributed by atoms with Crippen molar-refractivity contribution in [3.8, 4) is 0 Å². The quantitative estimate of drug-likeness (QED) is 0.692. The van der Waals surface area contributed by atoms with Gasteiger partial charge in [0.05, 0.1) is 0 Å². The first-order valence-electron chi connectivity index (χ1n) is 9.88. The van der Waals surface area contributed by atoms with Crippen molar-refractivity contribution < 1.29 is 4.79 Å². The van der Waals surface area contributed by atoms with Crippen LogP contribution in [0.3, 0.4) is 0 Å². The van der Waals surface area contributed by atoms with Crippen LogP contribution in [-0.2, 0) is 6.42 Å². The third-order valence-electron chi connectivity index (χ3n) is 6.90. The minimum atomic E-state index is -1.90. The molecular weight excluding hydrogens is 338 g/mol. The Hall–Kier alpha value is -1.59. The summed E-state index contributed by atoms with van der Waals surface area (Å²) in [5, 5.41) is 5.12. The molecule has 2 aromatic rings. The normalized spacial score (nSPS) is 23.0. The Morgan fingerprint density at radius 3 is 2.77 bits per heavy atom. The fraction of sp³-hybridized carbons (Fsp3) is 0.571. The van der Waals surface area contributed by atoms with Crippen molar-refractivity contribution in [1.29, 1.82) is 0 Å². The van der Waals surface area contributed by atoms with Gasteiger partial charge in [-0.15, -0.1) is 0 Å². The first kappa shape index (κ1) is 17.8. The van der Waals surface area contributed by atoms with Crippen LogP contribution in [0.2, 0.25) is 18.1 Å². The lowest BCUT2D eigenvalue weighted by atomic mass is 9.75. The second-order valence-electron chi connectivity index (χ2n) is 9.59. The highest BCUT2D eigenvalue weighted by Crippen LogP contribution is 2.42. The Morgan fingerprint density at radius 2 is 2.04 bits per heavy atom. The van der Waals surface area contributed by atoms with Crippen LogP contribution in [0.1, 0.15) is 61.1 Å². The Kier molecular flexibility index (Phi) is 4.08. The van der Waals surface area contributed by atoms with Crippen LogP contribution < -0.4 is 10.3 Å². The smallest absolute Gasteiger partial charge is 0.260 e. The molecule has 2 heterocycles. The first-order chi connectivity index (χ1) is 12.2. The van der Waals surface area contributed by atoms with E-state index in [9.17, 15) is 4.79 Å². The molecule has 1 fully saturated rings. The van der Waals surface area contributed by atoms with Gasteiger partial charge in [-0.25, -0.2) is 0 Å². The molecule has 2 atom stereocenters. The van der Waals surface area contributed by atoms with Gasteiger partial charge in [0, 0.05) is 22.9 Å². The summed E-state index contributed by atoms with van der Waals surface area (Å²) in [5.41, 5.74) is 4.52. The zero-order chi connectivity index (χ0) is 18.7. The molecule has 1 aliphatic carbocycles. The fourth-order valence-corrected chi connectivity index (χ4v) is 5.41. The lowest BCUT2D eigenvalue weighted by molar-refractivity contribution is 0.0971. The fourth-order valence-electron chi connectivity index (χ4n) is 4.35. The highest BCUT2D eigenvalue weighted by atomic mass is 28.3. The van der Waals surface area contributed by atoms with Crippen LogP contribution in [-0.4, -0.2) is 31.7 Å². The number of benzene rings is 1. The van der Waals surface area contributed by atoms with Gasteiger partial charge in [0.2, 0.25) is 0 Å². The van der Waals surface area contributed by atoms with Crippen molar-refractivity contribution in [2.75, 3.05) is 6.54 Å². The topological polar surface area (TPSA) is 56.9 Å². The standard InChI is InChI=1S/C21H31N3OSi/c1-21(2,3)26(4,5)24-20(25)19-15-12-17-13(9-7-11-22-17)14-8-6-10-16(23-19)18(14)15/h6,8,10,13,17,22-23H,7,9,11-12H2,1-5H3,(H,24,25)/t13?,17-/m1/s1. The van der Waals surface area contributed by atoms with E-state index in [2.05, 4.69) is 67.3 Å². The van der Waals surface area contributed by atoms with Gasteiger partial charge in [-0.1, -0.05) is 46.0 Å². The number of rotatable bonds is 2. The highest BCUT2D eigenvalue weighted by molar-refractivity contribution is 6.80. The Bertz CT molecular complexity index is 862. The Morgan fingerprint density at radius 1 is 1.27 bits per heavy atom. The zero-order valence-electron chi connectivity index (χ0n) is 16.6. The summed E-state index contributed by atoms with van der Waals surface area (Å²) in [6.45, 7) is 12.2. The van der Waals surface area contributed by atoms with Crippen molar-refractivity contribution in [2.24, 2.45) is 0 Å². The number of fused-ring (bicyclic) bond motifs is 2. The summed E-state index contributed by atoms with van der Waals surface area (Å²) in [4.78, 5) is 20.1. The molecule has 0 spiro atoms. The summed E-state index contributed by atoms with van der Waals surface area (Å²) in [6, 6.07) is 6.96. The van der Waals surface area contributed by atoms with Crippen LogP contribution in [0.4, 0.5) is 0 Å². The maximum atomic E-state index is 13.2. The maximum absolute atomic E-state index is 13.2. The Balaban J connectivity index is 1.77. The molecule has 4 rings (SSSR count). The van der Waals surface area contributed by atoms with Crippen LogP contribution >= 0.6 is 0 Å². The molecular formula is C21H31N3OSi. The number of carbonyl (C=O) groups is 1. The predicted molar refractivity (Wildman–Crippen MR) is 110 cm³/mol. The molecule has 5 heteroatoms. The number of aromatic amines is 1. The van der Waals surface area contributed by atoms with Gasteiger partial charge >= 0.3 is 0 Å². The van der Waals surface area contributed by atoms with Crippen LogP contribution in [0, 0.1) is 0 Å². The van der Waals surface area contributed by atoms with E-state index >= 15 is 0 Å². The Labute approximate surface area is 157 Å². The van der Waals surface area contributed by atoms with Crippen LogP contribution in [0.25, 0.3) is 10.9 Å². The van der Waals surface area contributed by atoms with Gasteiger partial charge in [0.15, 0.2) is 8.24 Å². The van der Waals surface area contributed by atoms with E-state index in [-0.39, 0.29) is 10.9 Å². The number of carbonyl (C=O) groups excluding carboxylic acids is 1. The van der Waals surface area contributed by atoms with Crippen molar-refractivity contribution in [1.82, 2.24) is 15.3 Å². The summed E-state index contributed by atoms with van der Waals surface area (Å²) in [7, 11) is -1.90. The summed E-state index contributed by atoms with van der Waals surface area (Å²) in [5.74, 6) is 0.648. The molecule has 26 heavy (non-hydrogen) atoms. The molecule has 1 saturated heterocycles. The summed E-state index contributed by atoms with van der Waals surface area (Å²) < 4.78 is 0. The third kappa shape index (κ3) is 2.72. The minimum Gasteiger partial charge on any atom is -0.376 e. The molecule has 1 aliphatic heterocycles. The second kappa shape index (κ2) is 5.96. The second-order valence-corrected chi connectivity index (χ2v) is 14.6. The highest BCUT2D eigenvalue weighted by Gasteiger charge is 2.39. The van der Waals surface area contributed by atoms with Crippen molar-refractivity contribution in [3.63, 3.8) is 0 Å². The van der Waals surface area contributed by atoms with Gasteiger partial charge < -0.3 is 15.3 Å². The van der Waals surface area contributed by atoms with Crippen LogP contribution in [0.15, 0.2) is 18.2 Å². The van der Waals surface area contributed by atoms with E-state index in [1.54, 1.807) is 0 Å².